The molecule has 3 rings (SSSR count). The van der Waals surface area contributed by atoms with Gasteiger partial charge in [0.05, 0.1) is 18.7 Å². The van der Waals surface area contributed by atoms with Gasteiger partial charge in [-0.1, -0.05) is 11.3 Å². The van der Waals surface area contributed by atoms with Crippen molar-refractivity contribution in [1.29, 1.82) is 0 Å². The highest BCUT2D eigenvalue weighted by Crippen LogP contribution is 2.37. The standard InChI is InChI=1S/C16H18N4O4S2/c1-21-3-5-23-13-7-11-12(8-14(13)24-6-4-22-2)17-9-18-15(11)26-16-20-19-10-25-16/h7-10H,3-6H2,1-2H3. The Balaban J connectivity index is 1.93. The van der Waals surface area contributed by atoms with E-state index in [2.05, 4.69) is 20.2 Å². The minimum Gasteiger partial charge on any atom is -0.487 e. The summed E-state index contributed by atoms with van der Waals surface area (Å²) in [6.07, 6.45) is 1.52. The van der Waals surface area contributed by atoms with Crippen LogP contribution in [0.2, 0.25) is 0 Å². The van der Waals surface area contributed by atoms with Crippen molar-refractivity contribution >= 4 is 34.0 Å². The van der Waals surface area contributed by atoms with Gasteiger partial charge in [-0.15, -0.1) is 10.2 Å². The van der Waals surface area contributed by atoms with Crippen LogP contribution in [0.3, 0.4) is 0 Å². The molecule has 0 amide bonds. The Morgan fingerprint density at radius 1 is 0.962 bits per heavy atom. The van der Waals surface area contributed by atoms with Gasteiger partial charge in [0.2, 0.25) is 0 Å². The van der Waals surface area contributed by atoms with Gasteiger partial charge in [0.1, 0.15) is 30.1 Å². The fraction of sp³-hybridized carbons (Fsp3) is 0.375. The summed E-state index contributed by atoms with van der Waals surface area (Å²) in [6, 6.07) is 3.73. The molecule has 138 valence electrons. The zero-order valence-corrected chi connectivity index (χ0v) is 16.0. The van der Waals surface area contributed by atoms with Crippen LogP contribution in [0.25, 0.3) is 10.9 Å². The molecule has 0 aliphatic rings. The van der Waals surface area contributed by atoms with Crippen molar-refractivity contribution in [2.45, 2.75) is 9.37 Å². The van der Waals surface area contributed by atoms with Crippen molar-refractivity contribution in [2.75, 3.05) is 40.6 Å². The molecule has 0 saturated heterocycles. The zero-order valence-electron chi connectivity index (χ0n) is 14.4. The molecule has 0 aliphatic heterocycles. The van der Waals surface area contributed by atoms with Crippen molar-refractivity contribution < 1.29 is 18.9 Å². The highest BCUT2D eigenvalue weighted by Gasteiger charge is 2.14. The van der Waals surface area contributed by atoms with Crippen molar-refractivity contribution in [2.24, 2.45) is 0 Å². The number of hydrogen-bond donors (Lipinski definition) is 0. The van der Waals surface area contributed by atoms with Crippen LogP contribution in [0.1, 0.15) is 0 Å². The van der Waals surface area contributed by atoms with Gasteiger partial charge in [0, 0.05) is 25.7 Å². The van der Waals surface area contributed by atoms with E-state index in [1.807, 2.05) is 12.1 Å². The molecule has 0 N–H and O–H groups in total. The van der Waals surface area contributed by atoms with Crippen molar-refractivity contribution in [3.63, 3.8) is 0 Å². The Bertz CT molecular complexity index is 832. The second kappa shape index (κ2) is 9.62. The van der Waals surface area contributed by atoms with Crippen LogP contribution in [0.5, 0.6) is 11.5 Å². The average Bonchev–Trinajstić information content (AvgIpc) is 3.16. The third-order valence-corrected chi connectivity index (χ3v) is 5.07. The molecular formula is C16H18N4O4S2. The minimum atomic E-state index is 0.412. The molecule has 0 saturated carbocycles. The molecule has 0 atom stereocenters. The van der Waals surface area contributed by atoms with Crippen LogP contribution in [-0.4, -0.2) is 60.8 Å². The minimum absolute atomic E-state index is 0.412. The lowest BCUT2D eigenvalue weighted by Crippen LogP contribution is -2.08. The first-order valence-electron chi connectivity index (χ1n) is 7.78. The molecule has 1 aromatic carbocycles. The number of rotatable bonds is 10. The van der Waals surface area contributed by atoms with Gasteiger partial charge in [-0.3, -0.25) is 0 Å². The van der Waals surface area contributed by atoms with Gasteiger partial charge in [-0.25, -0.2) is 9.97 Å². The number of aromatic nitrogens is 4. The van der Waals surface area contributed by atoms with E-state index in [4.69, 9.17) is 18.9 Å². The highest BCUT2D eigenvalue weighted by molar-refractivity contribution is 8.01. The summed E-state index contributed by atoms with van der Waals surface area (Å²) in [5, 5.41) is 9.55. The lowest BCUT2D eigenvalue weighted by molar-refractivity contribution is 0.132. The Morgan fingerprint density at radius 2 is 1.69 bits per heavy atom. The van der Waals surface area contributed by atoms with Crippen molar-refractivity contribution in [3.8, 4) is 11.5 Å². The van der Waals surface area contributed by atoms with E-state index in [-0.39, 0.29) is 0 Å². The van der Waals surface area contributed by atoms with E-state index in [1.54, 1.807) is 19.7 Å². The van der Waals surface area contributed by atoms with Crippen LogP contribution in [-0.2, 0) is 9.47 Å². The monoisotopic (exact) mass is 394 g/mol. The largest absolute Gasteiger partial charge is 0.487 e. The van der Waals surface area contributed by atoms with E-state index >= 15 is 0 Å². The average molecular weight is 394 g/mol. The second-order valence-electron chi connectivity index (χ2n) is 4.98. The Morgan fingerprint density at radius 3 is 2.35 bits per heavy atom. The third kappa shape index (κ3) is 4.79. The third-order valence-electron chi connectivity index (χ3n) is 3.28. The number of fused-ring (bicyclic) bond motifs is 1. The maximum atomic E-state index is 5.83. The zero-order chi connectivity index (χ0) is 18.2. The SMILES string of the molecule is COCCOc1cc2ncnc(Sc3nncs3)c2cc1OCCOC. The number of methoxy groups -OCH3 is 2. The number of ether oxygens (including phenoxy) is 4. The molecule has 0 aliphatic carbocycles. The maximum Gasteiger partial charge on any atom is 0.180 e. The fourth-order valence-electron chi connectivity index (χ4n) is 2.11. The Labute approximate surface area is 158 Å². The summed E-state index contributed by atoms with van der Waals surface area (Å²) in [4.78, 5) is 8.72. The fourth-order valence-corrected chi connectivity index (χ4v) is 3.57. The second-order valence-corrected chi connectivity index (χ2v) is 7.05. The lowest BCUT2D eigenvalue weighted by atomic mass is 10.2. The van der Waals surface area contributed by atoms with E-state index < -0.39 is 0 Å². The number of benzene rings is 1. The van der Waals surface area contributed by atoms with Gasteiger partial charge in [0.15, 0.2) is 15.8 Å². The summed E-state index contributed by atoms with van der Waals surface area (Å²) >= 11 is 2.90. The first-order chi connectivity index (χ1) is 12.8. The van der Waals surface area contributed by atoms with E-state index in [9.17, 15) is 0 Å². The molecule has 2 aromatic heterocycles. The summed E-state index contributed by atoms with van der Waals surface area (Å²) < 4.78 is 22.5. The molecule has 10 heteroatoms. The Kier molecular flexibility index (Phi) is 6.95. The highest BCUT2D eigenvalue weighted by atomic mass is 32.2. The maximum absolute atomic E-state index is 5.83. The van der Waals surface area contributed by atoms with E-state index in [1.165, 1.54) is 29.4 Å². The Hall–Kier alpha value is -2.01. The first-order valence-corrected chi connectivity index (χ1v) is 9.47. The summed E-state index contributed by atoms with van der Waals surface area (Å²) in [7, 11) is 3.26. The number of nitrogens with zero attached hydrogens (tertiary/aromatic N) is 4. The van der Waals surface area contributed by atoms with Crippen LogP contribution < -0.4 is 9.47 Å². The van der Waals surface area contributed by atoms with Crippen LogP contribution >= 0.6 is 23.1 Å². The summed E-state index contributed by atoms with van der Waals surface area (Å²) in [6.45, 7) is 1.79. The number of hydrogen-bond acceptors (Lipinski definition) is 10. The van der Waals surface area contributed by atoms with Crippen molar-refractivity contribution in [3.05, 3.63) is 24.0 Å². The molecule has 0 bridgehead atoms. The van der Waals surface area contributed by atoms with Crippen molar-refractivity contribution in [1.82, 2.24) is 20.2 Å². The normalized spacial score (nSPS) is 11.0. The van der Waals surface area contributed by atoms with Crippen LogP contribution in [0.4, 0.5) is 0 Å². The van der Waals surface area contributed by atoms with E-state index in [0.29, 0.717) is 37.9 Å². The predicted molar refractivity (Wildman–Crippen MR) is 98.3 cm³/mol. The van der Waals surface area contributed by atoms with Gasteiger partial charge in [-0.05, 0) is 17.8 Å². The molecule has 2 heterocycles. The summed E-state index contributed by atoms with van der Waals surface area (Å²) in [5.41, 5.74) is 2.45. The lowest BCUT2D eigenvalue weighted by Gasteiger charge is -2.14. The predicted octanol–water partition coefficient (Wildman–Crippen LogP) is 2.68. The molecule has 0 fully saturated rings. The molecular weight excluding hydrogens is 376 g/mol. The van der Waals surface area contributed by atoms with Gasteiger partial charge < -0.3 is 18.9 Å². The topological polar surface area (TPSA) is 88.5 Å². The molecule has 8 nitrogen and oxygen atoms in total. The molecule has 0 spiro atoms. The van der Waals surface area contributed by atoms with Gasteiger partial charge >= 0.3 is 0 Å². The molecule has 26 heavy (non-hydrogen) atoms. The van der Waals surface area contributed by atoms with Crippen LogP contribution in [0.15, 0.2) is 33.3 Å². The molecule has 0 unspecified atom stereocenters. The van der Waals surface area contributed by atoms with Gasteiger partial charge in [-0.2, -0.15) is 0 Å². The van der Waals surface area contributed by atoms with E-state index in [0.717, 1.165) is 20.3 Å². The smallest absolute Gasteiger partial charge is 0.180 e. The molecule has 3 aromatic rings. The first kappa shape index (κ1) is 18.8. The summed E-state index contributed by atoms with van der Waals surface area (Å²) in [5.74, 6) is 1.22. The quantitative estimate of drug-likeness (QED) is 0.380. The van der Waals surface area contributed by atoms with Gasteiger partial charge in [0.25, 0.3) is 0 Å². The van der Waals surface area contributed by atoms with Crippen LogP contribution in [0, 0.1) is 0 Å². The molecule has 0 radical (unpaired) electrons.